The number of carbonyl (C=O) groups is 2. The Bertz CT molecular complexity index is 771. The number of anilines is 1. The van der Waals surface area contributed by atoms with Crippen LogP contribution >= 0.6 is 0 Å². The minimum absolute atomic E-state index is 0.137. The van der Waals surface area contributed by atoms with Gasteiger partial charge in [-0.3, -0.25) is 9.78 Å². The molecule has 0 spiro atoms. The van der Waals surface area contributed by atoms with Crippen LogP contribution in [0.3, 0.4) is 0 Å². The van der Waals surface area contributed by atoms with Gasteiger partial charge < -0.3 is 10.4 Å². The Morgan fingerprint density at radius 3 is 2.54 bits per heavy atom. The van der Waals surface area contributed by atoms with Crippen LogP contribution in [0, 0.1) is 18.7 Å². The van der Waals surface area contributed by atoms with Crippen LogP contribution in [0.25, 0.3) is 0 Å². The number of pyridine rings is 1. The van der Waals surface area contributed by atoms with Crippen LogP contribution in [0.4, 0.5) is 10.1 Å². The lowest BCUT2D eigenvalue weighted by molar-refractivity contribution is -0.118. The molecule has 0 aliphatic rings. The first kappa shape index (κ1) is 17.6. The number of hydrogen-bond acceptors (Lipinski definition) is 3. The zero-order valence-electron chi connectivity index (χ0n) is 13.8. The van der Waals surface area contributed by atoms with Crippen molar-refractivity contribution >= 4 is 17.6 Å². The number of nitrogens with zero attached hydrogens (tertiary/aromatic N) is 1. The smallest absolute Gasteiger partial charge is 0.338 e. The molecule has 2 aromatic rings. The number of halogens is 1. The van der Waals surface area contributed by atoms with Gasteiger partial charge in [-0.2, -0.15) is 0 Å². The predicted molar refractivity (Wildman–Crippen MR) is 88.6 cm³/mol. The molecule has 1 heterocycles. The van der Waals surface area contributed by atoms with Crippen molar-refractivity contribution in [3.63, 3.8) is 0 Å². The Labute approximate surface area is 139 Å². The zero-order chi connectivity index (χ0) is 17.9. The van der Waals surface area contributed by atoms with Crippen LogP contribution in [0.5, 0.6) is 0 Å². The van der Waals surface area contributed by atoms with Crippen molar-refractivity contribution in [3.05, 3.63) is 58.7 Å². The van der Waals surface area contributed by atoms with Crippen molar-refractivity contribution in [2.75, 3.05) is 5.32 Å². The van der Waals surface area contributed by atoms with Gasteiger partial charge in [0.15, 0.2) is 0 Å². The molecule has 24 heavy (non-hydrogen) atoms. The van der Waals surface area contributed by atoms with E-state index in [4.69, 9.17) is 0 Å². The standard InChI is InChI=1S/C18H19FN2O3/c1-10(2)17(22)21-14-7-12(16(19)15(8-14)18(23)24)6-13-5-4-11(3)9-20-13/h4-5,7-10H,6H2,1-3H3,(H,21,22)(H,23,24). The molecule has 0 aliphatic heterocycles. The van der Waals surface area contributed by atoms with Gasteiger partial charge in [0.25, 0.3) is 0 Å². The molecule has 0 bridgehead atoms. The maximum atomic E-state index is 14.4. The number of aromatic carboxylic acids is 1. The summed E-state index contributed by atoms with van der Waals surface area (Å²) in [4.78, 5) is 27.3. The van der Waals surface area contributed by atoms with E-state index in [0.29, 0.717) is 5.69 Å². The summed E-state index contributed by atoms with van der Waals surface area (Å²) in [6.07, 6.45) is 1.80. The van der Waals surface area contributed by atoms with Crippen molar-refractivity contribution in [1.82, 2.24) is 4.98 Å². The van der Waals surface area contributed by atoms with Crippen LogP contribution in [0.1, 0.15) is 41.0 Å². The van der Waals surface area contributed by atoms with E-state index >= 15 is 0 Å². The summed E-state index contributed by atoms with van der Waals surface area (Å²) in [7, 11) is 0. The molecule has 0 fully saturated rings. The fraction of sp³-hybridized carbons (Fsp3) is 0.278. The number of carboxylic acid groups (broad SMARTS) is 1. The van der Waals surface area contributed by atoms with Gasteiger partial charge in [0.2, 0.25) is 5.91 Å². The van der Waals surface area contributed by atoms with Crippen molar-refractivity contribution in [1.29, 1.82) is 0 Å². The third-order valence-corrected chi connectivity index (χ3v) is 3.51. The topological polar surface area (TPSA) is 79.3 Å². The Hall–Kier alpha value is -2.76. The summed E-state index contributed by atoms with van der Waals surface area (Å²) in [5.41, 5.74) is 1.55. The molecule has 1 aromatic carbocycles. The molecule has 0 aliphatic carbocycles. The predicted octanol–water partition coefficient (Wildman–Crippen LogP) is 3.41. The molecule has 2 rings (SSSR count). The third-order valence-electron chi connectivity index (χ3n) is 3.51. The van der Waals surface area contributed by atoms with Gasteiger partial charge >= 0.3 is 5.97 Å². The highest BCUT2D eigenvalue weighted by molar-refractivity contribution is 5.95. The van der Waals surface area contributed by atoms with Crippen molar-refractivity contribution in [3.8, 4) is 0 Å². The average Bonchev–Trinajstić information content (AvgIpc) is 2.52. The number of benzene rings is 1. The summed E-state index contributed by atoms with van der Waals surface area (Å²) < 4.78 is 14.4. The summed E-state index contributed by atoms with van der Waals surface area (Å²) in [6, 6.07) is 6.19. The number of hydrogen-bond donors (Lipinski definition) is 2. The zero-order valence-corrected chi connectivity index (χ0v) is 13.8. The van der Waals surface area contributed by atoms with Gasteiger partial charge in [-0.15, -0.1) is 0 Å². The van der Waals surface area contributed by atoms with Gasteiger partial charge in [0.1, 0.15) is 5.82 Å². The summed E-state index contributed by atoms with van der Waals surface area (Å²) in [5.74, 6) is -2.73. The summed E-state index contributed by atoms with van der Waals surface area (Å²) in [5, 5.41) is 11.8. The number of aryl methyl sites for hydroxylation is 1. The highest BCUT2D eigenvalue weighted by Gasteiger charge is 2.18. The van der Waals surface area contributed by atoms with Crippen molar-refractivity contribution in [2.24, 2.45) is 5.92 Å². The van der Waals surface area contributed by atoms with E-state index in [2.05, 4.69) is 10.3 Å². The molecule has 1 aromatic heterocycles. The molecule has 0 radical (unpaired) electrons. The fourth-order valence-electron chi connectivity index (χ4n) is 2.13. The van der Waals surface area contributed by atoms with E-state index in [1.165, 1.54) is 6.07 Å². The second-order valence-corrected chi connectivity index (χ2v) is 5.95. The first-order valence-corrected chi connectivity index (χ1v) is 7.56. The summed E-state index contributed by atoms with van der Waals surface area (Å²) >= 11 is 0. The van der Waals surface area contributed by atoms with Crippen LogP contribution in [0.15, 0.2) is 30.5 Å². The monoisotopic (exact) mass is 330 g/mol. The minimum atomic E-state index is -1.38. The number of aromatic nitrogens is 1. The van der Waals surface area contributed by atoms with Gasteiger partial charge in [-0.1, -0.05) is 19.9 Å². The quantitative estimate of drug-likeness (QED) is 0.880. The first-order valence-electron chi connectivity index (χ1n) is 7.56. The third kappa shape index (κ3) is 4.16. The number of rotatable bonds is 5. The molecule has 0 saturated carbocycles. The second-order valence-electron chi connectivity index (χ2n) is 5.95. The lowest BCUT2D eigenvalue weighted by atomic mass is 10.0. The van der Waals surface area contributed by atoms with E-state index in [1.54, 1.807) is 26.1 Å². The maximum absolute atomic E-state index is 14.4. The van der Waals surface area contributed by atoms with E-state index < -0.39 is 17.3 Å². The lowest BCUT2D eigenvalue weighted by Crippen LogP contribution is -2.18. The number of amides is 1. The molecular formula is C18H19FN2O3. The fourth-order valence-corrected chi connectivity index (χ4v) is 2.13. The van der Waals surface area contributed by atoms with E-state index in [-0.39, 0.29) is 29.5 Å². The molecule has 1 amide bonds. The molecule has 0 unspecified atom stereocenters. The van der Waals surface area contributed by atoms with Crippen molar-refractivity contribution < 1.29 is 19.1 Å². The minimum Gasteiger partial charge on any atom is -0.478 e. The Morgan fingerprint density at radius 2 is 2.00 bits per heavy atom. The Balaban J connectivity index is 2.41. The molecule has 0 saturated heterocycles. The van der Waals surface area contributed by atoms with Crippen LogP contribution in [0.2, 0.25) is 0 Å². The molecule has 6 heteroatoms. The van der Waals surface area contributed by atoms with Crippen LogP contribution < -0.4 is 5.32 Å². The largest absolute Gasteiger partial charge is 0.478 e. The SMILES string of the molecule is Cc1ccc(Cc2cc(NC(=O)C(C)C)cc(C(=O)O)c2F)nc1. The molecule has 2 N–H and O–H groups in total. The van der Waals surface area contributed by atoms with E-state index in [0.717, 1.165) is 11.6 Å². The Kier molecular flexibility index (Phi) is 5.28. The highest BCUT2D eigenvalue weighted by atomic mass is 19.1. The van der Waals surface area contributed by atoms with Gasteiger partial charge in [0, 0.05) is 29.9 Å². The number of carboxylic acids is 1. The van der Waals surface area contributed by atoms with Gasteiger partial charge in [0.05, 0.1) is 5.56 Å². The molecular weight excluding hydrogens is 311 g/mol. The Morgan fingerprint density at radius 1 is 1.29 bits per heavy atom. The van der Waals surface area contributed by atoms with Gasteiger partial charge in [-0.25, -0.2) is 9.18 Å². The first-order chi connectivity index (χ1) is 11.3. The lowest BCUT2D eigenvalue weighted by Gasteiger charge is -2.12. The van der Waals surface area contributed by atoms with E-state index in [1.807, 2.05) is 13.0 Å². The van der Waals surface area contributed by atoms with E-state index in [9.17, 15) is 19.1 Å². The second kappa shape index (κ2) is 7.21. The normalized spacial score (nSPS) is 10.7. The maximum Gasteiger partial charge on any atom is 0.338 e. The summed E-state index contributed by atoms with van der Waals surface area (Å²) in [6.45, 7) is 5.32. The number of carbonyl (C=O) groups excluding carboxylic acids is 1. The number of nitrogens with one attached hydrogen (secondary N) is 1. The van der Waals surface area contributed by atoms with Crippen LogP contribution in [-0.2, 0) is 11.2 Å². The van der Waals surface area contributed by atoms with Gasteiger partial charge in [-0.05, 0) is 36.2 Å². The van der Waals surface area contributed by atoms with Crippen LogP contribution in [-0.4, -0.2) is 22.0 Å². The highest BCUT2D eigenvalue weighted by Crippen LogP contribution is 2.23. The molecule has 5 nitrogen and oxygen atoms in total. The van der Waals surface area contributed by atoms with Crippen molar-refractivity contribution in [2.45, 2.75) is 27.2 Å². The molecule has 0 atom stereocenters. The average molecular weight is 330 g/mol. The molecule has 126 valence electrons.